The molecule has 2 N–H and O–H groups in total. The third-order valence-electron chi connectivity index (χ3n) is 3.67. The minimum Gasteiger partial charge on any atom is -0.330 e. The fourth-order valence-electron chi connectivity index (χ4n) is 2.51. The van der Waals surface area contributed by atoms with Crippen LogP contribution in [0.4, 0.5) is 0 Å². The molecule has 0 aliphatic carbocycles. The fraction of sp³-hybridized carbons (Fsp3) is 0.750. The van der Waals surface area contributed by atoms with Crippen molar-refractivity contribution in [2.45, 2.75) is 19.9 Å². The van der Waals surface area contributed by atoms with E-state index in [1.54, 1.807) is 0 Å². The van der Waals surface area contributed by atoms with Gasteiger partial charge in [-0.2, -0.15) is 5.10 Å². The molecule has 0 saturated carbocycles. The Morgan fingerprint density at radius 1 is 1.44 bits per heavy atom. The second-order valence-corrected chi connectivity index (χ2v) is 4.83. The molecular weight excluding hydrogens is 200 g/mol. The lowest BCUT2D eigenvalue weighted by molar-refractivity contribution is 0.128. The SMILES string of the molecule is CC1CN(CCn2cccn2)CCC1CN. The van der Waals surface area contributed by atoms with Gasteiger partial charge in [-0.1, -0.05) is 6.92 Å². The molecule has 0 radical (unpaired) electrons. The maximum Gasteiger partial charge on any atom is 0.0536 e. The lowest BCUT2D eigenvalue weighted by Crippen LogP contribution is -2.42. The summed E-state index contributed by atoms with van der Waals surface area (Å²) >= 11 is 0. The van der Waals surface area contributed by atoms with Crippen LogP contribution in [0.15, 0.2) is 18.5 Å². The first-order valence-electron chi connectivity index (χ1n) is 6.19. The van der Waals surface area contributed by atoms with E-state index in [1.807, 2.05) is 23.1 Å². The van der Waals surface area contributed by atoms with Gasteiger partial charge in [0.25, 0.3) is 0 Å². The van der Waals surface area contributed by atoms with Crippen LogP contribution in [0.1, 0.15) is 13.3 Å². The van der Waals surface area contributed by atoms with E-state index in [0.29, 0.717) is 0 Å². The first kappa shape index (κ1) is 11.6. The zero-order chi connectivity index (χ0) is 11.4. The predicted octanol–water partition coefficient (Wildman–Crippen LogP) is 0.800. The summed E-state index contributed by atoms with van der Waals surface area (Å²) in [6.45, 7) is 7.62. The number of nitrogens with two attached hydrogens (primary N) is 1. The number of rotatable bonds is 4. The van der Waals surface area contributed by atoms with E-state index >= 15 is 0 Å². The number of hydrogen-bond acceptors (Lipinski definition) is 3. The molecule has 16 heavy (non-hydrogen) atoms. The maximum atomic E-state index is 5.76. The number of nitrogens with zero attached hydrogens (tertiary/aromatic N) is 3. The highest BCUT2D eigenvalue weighted by Gasteiger charge is 2.24. The largest absolute Gasteiger partial charge is 0.330 e. The topological polar surface area (TPSA) is 47.1 Å². The van der Waals surface area contributed by atoms with Crippen LogP contribution in [0.3, 0.4) is 0 Å². The molecule has 2 heterocycles. The zero-order valence-corrected chi connectivity index (χ0v) is 10.0. The average Bonchev–Trinajstić information content (AvgIpc) is 2.79. The van der Waals surface area contributed by atoms with Gasteiger partial charge in [-0.05, 0) is 37.4 Å². The Morgan fingerprint density at radius 3 is 2.94 bits per heavy atom. The molecule has 0 spiro atoms. The summed E-state index contributed by atoms with van der Waals surface area (Å²) in [4.78, 5) is 2.53. The number of aromatic nitrogens is 2. The Labute approximate surface area is 97.4 Å². The van der Waals surface area contributed by atoms with Gasteiger partial charge in [0, 0.05) is 25.5 Å². The summed E-state index contributed by atoms with van der Waals surface area (Å²) < 4.78 is 2.00. The standard InChI is InChI=1S/C12H22N4/c1-11-10-15(6-3-12(11)9-13)7-8-16-5-2-4-14-16/h2,4-5,11-12H,3,6-10,13H2,1H3. The van der Waals surface area contributed by atoms with Crippen LogP contribution in [0.5, 0.6) is 0 Å². The fourth-order valence-corrected chi connectivity index (χ4v) is 2.51. The molecule has 4 heteroatoms. The van der Waals surface area contributed by atoms with Crippen molar-refractivity contribution in [2.24, 2.45) is 17.6 Å². The van der Waals surface area contributed by atoms with Gasteiger partial charge in [0.15, 0.2) is 0 Å². The second kappa shape index (κ2) is 5.46. The predicted molar refractivity (Wildman–Crippen MR) is 65.0 cm³/mol. The van der Waals surface area contributed by atoms with E-state index in [-0.39, 0.29) is 0 Å². The number of likely N-dealkylation sites (tertiary alicyclic amines) is 1. The summed E-state index contributed by atoms with van der Waals surface area (Å²) in [6.07, 6.45) is 5.11. The van der Waals surface area contributed by atoms with Crippen LogP contribution in [0.2, 0.25) is 0 Å². The molecule has 2 atom stereocenters. The van der Waals surface area contributed by atoms with E-state index < -0.39 is 0 Å². The Kier molecular flexibility index (Phi) is 3.96. The molecule has 1 fully saturated rings. The van der Waals surface area contributed by atoms with Crippen molar-refractivity contribution in [2.75, 3.05) is 26.2 Å². The Bertz CT molecular complexity index is 296. The summed E-state index contributed by atoms with van der Waals surface area (Å²) in [7, 11) is 0. The van der Waals surface area contributed by atoms with E-state index in [9.17, 15) is 0 Å². The molecule has 1 aromatic heterocycles. The van der Waals surface area contributed by atoms with Crippen LogP contribution in [0, 0.1) is 11.8 Å². The third kappa shape index (κ3) is 2.83. The highest BCUT2D eigenvalue weighted by Crippen LogP contribution is 2.21. The minimum atomic E-state index is 0.723. The normalized spacial score (nSPS) is 27.1. The summed E-state index contributed by atoms with van der Waals surface area (Å²) in [6, 6.07) is 1.98. The van der Waals surface area contributed by atoms with Gasteiger partial charge in [-0.3, -0.25) is 4.68 Å². The van der Waals surface area contributed by atoms with E-state index in [2.05, 4.69) is 16.9 Å². The molecule has 1 aromatic rings. The first-order valence-corrected chi connectivity index (χ1v) is 6.19. The molecule has 4 nitrogen and oxygen atoms in total. The lowest BCUT2D eigenvalue weighted by Gasteiger charge is -2.36. The van der Waals surface area contributed by atoms with Gasteiger partial charge in [-0.15, -0.1) is 0 Å². The van der Waals surface area contributed by atoms with Crippen molar-refractivity contribution in [3.8, 4) is 0 Å². The van der Waals surface area contributed by atoms with Crippen molar-refractivity contribution >= 4 is 0 Å². The van der Waals surface area contributed by atoms with Gasteiger partial charge < -0.3 is 10.6 Å². The van der Waals surface area contributed by atoms with Crippen LogP contribution in [0.25, 0.3) is 0 Å². The highest BCUT2D eigenvalue weighted by molar-refractivity contribution is 4.80. The van der Waals surface area contributed by atoms with Crippen molar-refractivity contribution in [1.82, 2.24) is 14.7 Å². The van der Waals surface area contributed by atoms with Gasteiger partial charge in [0.2, 0.25) is 0 Å². The van der Waals surface area contributed by atoms with Crippen molar-refractivity contribution < 1.29 is 0 Å². The van der Waals surface area contributed by atoms with Gasteiger partial charge in [0.1, 0.15) is 0 Å². The molecular formula is C12H22N4. The van der Waals surface area contributed by atoms with Crippen molar-refractivity contribution in [1.29, 1.82) is 0 Å². The maximum absolute atomic E-state index is 5.76. The molecule has 0 amide bonds. The molecule has 0 aromatic carbocycles. The highest BCUT2D eigenvalue weighted by atomic mass is 15.3. The number of piperidine rings is 1. The Balaban J connectivity index is 1.75. The summed E-state index contributed by atoms with van der Waals surface area (Å²) in [5.41, 5.74) is 5.76. The monoisotopic (exact) mass is 222 g/mol. The van der Waals surface area contributed by atoms with E-state index in [1.165, 1.54) is 19.5 Å². The summed E-state index contributed by atoms with van der Waals surface area (Å²) in [5.74, 6) is 1.46. The molecule has 90 valence electrons. The minimum absolute atomic E-state index is 0.723. The Morgan fingerprint density at radius 2 is 2.31 bits per heavy atom. The first-order chi connectivity index (χ1) is 7.79. The summed E-state index contributed by atoms with van der Waals surface area (Å²) in [5, 5.41) is 4.22. The average molecular weight is 222 g/mol. The Hall–Kier alpha value is -0.870. The lowest BCUT2D eigenvalue weighted by atomic mass is 9.87. The van der Waals surface area contributed by atoms with Gasteiger partial charge in [0.05, 0.1) is 6.54 Å². The molecule has 2 rings (SSSR count). The quantitative estimate of drug-likeness (QED) is 0.819. The molecule has 1 aliphatic rings. The molecule has 0 bridgehead atoms. The van der Waals surface area contributed by atoms with E-state index in [4.69, 9.17) is 5.73 Å². The van der Waals surface area contributed by atoms with Crippen molar-refractivity contribution in [3.63, 3.8) is 0 Å². The third-order valence-corrected chi connectivity index (χ3v) is 3.67. The second-order valence-electron chi connectivity index (χ2n) is 4.83. The van der Waals surface area contributed by atoms with Crippen LogP contribution in [-0.4, -0.2) is 40.9 Å². The van der Waals surface area contributed by atoms with E-state index in [0.717, 1.165) is 31.5 Å². The molecule has 1 aliphatic heterocycles. The van der Waals surface area contributed by atoms with Gasteiger partial charge in [-0.25, -0.2) is 0 Å². The van der Waals surface area contributed by atoms with Crippen LogP contribution in [-0.2, 0) is 6.54 Å². The van der Waals surface area contributed by atoms with Crippen LogP contribution < -0.4 is 5.73 Å². The van der Waals surface area contributed by atoms with Gasteiger partial charge >= 0.3 is 0 Å². The molecule has 1 saturated heterocycles. The zero-order valence-electron chi connectivity index (χ0n) is 10.0. The smallest absolute Gasteiger partial charge is 0.0536 e. The van der Waals surface area contributed by atoms with Crippen LogP contribution >= 0.6 is 0 Å². The van der Waals surface area contributed by atoms with Crippen molar-refractivity contribution in [3.05, 3.63) is 18.5 Å². The molecule has 2 unspecified atom stereocenters. The number of hydrogen-bond donors (Lipinski definition) is 1.